The Morgan fingerprint density at radius 3 is 0.952 bits per heavy atom. The Morgan fingerprint density at radius 2 is 0.952 bits per heavy atom. The van der Waals surface area contributed by atoms with Crippen LogP contribution in [0.1, 0.15) is 7.43 Å². The highest BCUT2D eigenvalue weighted by molar-refractivity contribution is 8.29. The lowest BCUT2D eigenvalue weighted by Crippen LogP contribution is -1.46. The average molecular weight is 585 g/mol. The summed E-state index contributed by atoms with van der Waals surface area (Å²) in [5.41, 5.74) is 0. The van der Waals surface area contributed by atoms with Gasteiger partial charge in [0.1, 0.15) is 5.76 Å². The number of hydrogen-bond acceptors (Lipinski definition) is 3. The second kappa shape index (κ2) is 13.9. The van der Waals surface area contributed by atoms with Crippen molar-refractivity contribution in [3.8, 4) is 0 Å². The van der Waals surface area contributed by atoms with E-state index in [-0.39, 0.29) is 7.43 Å². The maximum Gasteiger partial charge on any atom is 0.365 e. The van der Waals surface area contributed by atoms with Crippen LogP contribution < -0.4 is 0 Å². The van der Waals surface area contributed by atoms with Crippen LogP contribution in [0, 0.1) is 0 Å². The summed E-state index contributed by atoms with van der Waals surface area (Å²) >= 11 is 50.1. The molecular formula is C3H10Cl10N2O2P4. The fraction of sp³-hybridized carbons (Fsp3) is 1.00. The van der Waals surface area contributed by atoms with E-state index in [2.05, 4.69) is 43.0 Å². The molecule has 0 aliphatic carbocycles. The van der Waals surface area contributed by atoms with Gasteiger partial charge in [-0.2, -0.15) is 4.52 Å². The molecule has 0 saturated heterocycles. The van der Waals surface area contributed by atoms with Crippen LogP contribution >= 0.6 is 134 Å². The van der Waals surface area contributed by atoms with Gasteiger partial charge in [-0.15, -0.1) is 0 Å². The molecule has 0 aromatic rings. The molecule has 0 aliphatic heterocycles. The lowest BCUT2D eigenvalue weighted by Gasteiger charge is -1.96. The lowest BCUT2D eigenvalue weighted by atomic mass is 11.6. The Bertz CT molecular complexity index is 446. The molecule has 0 heterocycles. The quantitative estimate of drug-likeness (QED) is 0.288. The van der Waals surface area contributed by atoms with Crippen molar-refractivity contribution < 1.29 is 9.13 Å². The van der Waals surface area contributed by atoms with Crippen LogP contribution in [-0.4, -0.2) is 13.7 Å². The van der Waals surface area contributed by atoms with Crippen LogP contribution in [0.2, 0.25) is 0 Å². The predicted octanol–water partition coefficient (Wildman–Crippen LogP) is 11.4. The number of hydrogen-bond donors (Lipinski definition) is 0. The second-order valence-corrected chi connectivity index (χ2v) is 27.0. The molecule has 0 amide bonds. The Hall–Kier alpha value is 3.82. The zero-order valence-electron chi connectivity index (χ0n) is 9.28. The summed E-state index contributed by atoms with van der Waals surface area (Å²) in [6.07, 6.45) is 0. The van der Waals surface area contributed by atoms with Gasteiger partial charge < -0.3 is 0 Å². The van der Waals surface area contributed by atoms with Crippen molar-refractivity contribution in [2.75, 3.05) is 13.7 Å². The summed E-state index contributed by atoms with van der Waals surface area (Å²) in [6, 6.07) is 0. The highest BCUT2D eigenvalue weighted by Gasteiger charge is 2.17. The van der Waals surface area contributed by atoms with E-state index in [9.17, 15) is 9.13 Å². The van der Waals surface area contributed by atoms with E-state index in [0.29, 0.717) is 0 Å². The van der Waals surface area contributed by atoms with E-state index in [1.54, 1.807) is 13.7 Å². The van der Waals surface area contributed by atoms with Crippen molar-refractivity contribution in [1.29, 1.82) is 0 Å². The van der Waals surface area contributed by atoms with Crippen molar-refractivity contribution in [1.82, 2.24) is 0 Å². The third kappa shape index (κ3) is 69.0. The number of nitrogens with zero attached hydrogens (tertiary/aromatic N) is 2. The minimum atomic E-state index is -3.56. The van der Waals surface area contributed by atoms with Crippen molar-refractivity contribution in [3.63, 3.8) is 0 Å². The fourth-order valence-corrected chi connectivity index (χ4v) is 7.33. The molecule has 0 spiro atoms. The zero-order chi connectivity index (χ0) is 17.4. The molecule has 0 saturated carbocycles. The van der Waals surface area contributed by atoms with Gasteiger partial charge in [0.15, 0.2) is 0 Å². The molecule has 0 rings (SSSR count). The second-order valence-electron chi connectivity index (χ2n) is 2.29. The summed E-state index contributed by atoms with van der Waals surface area (Å²) in [7, 11) is 1.62. The third-order valence-corrected chi connectivity index (χ3v) is 6.85. The van der Waals surface area contributed by atoms with Crippen LogP contribution in [0.5, 0.6) is 0 Å². The molecule has 0 aromatic carbocycles. The summed E-state index contributed by atoms with van der Waals surface area (Å²) in [4.78, 5) is 0. The summed E-state index contributed by atoms with van der Waals surface area (Å²) < 4.78 is 26.6. The zero-order valence-corrected chi connectivity index (χ0v) is 20.4. The molecule has 0 fully saturated rings. The van der Waals surface area contributed by atoms with Crippen molar-refractivity contribution >= 4 is 134 Å². The van der Waals surface area contributed by atoms with E-state index in [1.807, 2.05) is 0 Å². The first-order valence-corrected chi connectivity index (χ1v) is 19.9. The van der Waals surface area contributed by atoms with E-state index >= 15 is 0 Å². The lowest BCUT2D eigenvalue weighted by molar-refractivity contribution is 0.594. The van der Waals surface area contributed by atoms with Crippen LogP contribution in [0.3, 0.4) is 0 Å². The monoisotopic (exact) mass is 580 g/mol. The van der Waals surface area contributed by atoms with Crippen LogP contribution in [0.15, 0.2) is 9.26 Å². The molecule has 134 valence electrons. The minimum Gasteiger partial charge on any atom is -0.277 e. The first kappa shape index (κ1) is 32.5. The van der Waals surface area contributed by atoms with E-state index in [1.165, 1.54) is 0 Å². The molecule has 0 radical (unpaired) electrons. The Balaban J connectivity index is -0.000000106. The Kier molecular flexibility index (Phi) is 21.6. The van der Waals surface area contributed by atoms with Crippen LogP contribution in [0.4, 0.5) is 0 Å². The van der Waals surface area contributed by atoms with Gasteiger partial charge in [0, 0.05) is 7.05 Å². The van der Waals surface area contributed by atoms with Gasteiger partial charge in [0.05, 0.1) is 0 Å². The smallest absolute Gasteiger partial charge is 0.277 e. The number of rotatable bonds is 1. The van der Waals surface area contributed by atoms with Crippen molar-refractivity contribution in [2.24, 2.45) is 9.26 Å². The van der Waals surface area contributed by atoms with Gasteiger partial charge in [0.25, 0.3) is 0 Å². The highest BCUT2D eigenvalue weighted by atomic mass is 36.1. The van der Waals surface area contributed by atoms with E-state index in [4.69, 9.17) is 78.7 Å². The van der Waals surface area contributed by atoms with Gasteiger partial charge in [-0.3, -0.25) is 13.9 Å². The molecule has 21 heavy (non-hydrogen) atoms. The summed E-state index contributed by atoms with van der Waals surface area (Å²) in [6.45, 7) is 1.72. The van der Waals surface area contributed by atoms with Gasteiger partial charge >= 0.3 is 11.2 Å². The van der Waals surface area contributed by atoms with Crippen LogP contribution in [0.25, 0.3) is 0 Å². The largest absolute Gasteiger partial charge is 0.365 e. The minimum absolute atomic E-state index is 0. The summed E-state index contributed by atoms with van der Waals surface area (Å²) in [5, 5.41) is -6.24. The molecule has 0 bridgehead atoms. The maximum atomic E-state index is 10.4. The van der Waals surface area contributed by atoms with E-state index < -0.39 is 22.1 Å². The molecular weight excluding hydrogens is 574 g/mol. The first-order valence-electron chi connectivity index (χ1n) is 3.55. The van der Waals surface area contributed by atoms with Gasteiger partial charge in [-0.05, 0) is 96.6 Å². The maximum absolute atomic E-state index is 10.4. The topological polar surface area (TPSA) is 58.9 Å². The Labute approximate surface area is 172 Å². The van der Waals surface area contributed by atoms with Crippen molar-refractivity contribution in [2.45, 2.75) is 7.43 Å². The molecule has 0 aromatic heterocycles. The molecule has 0 aliphatic rings. The molecule has 4 nitrogen and oxygen atoms in total. The molecule has 0 atom stereocenters. The van der Waals surface area contributed by atoms with Gasteiger partial charge in [0.2, 0.25) is 5.11 Å². The molecule has 0 N–H and O–H groups in total. The number of halogens is 10. The van der Waals surface area contributed by atoms with Crippen LogP contribution in [-0.2, 0) is 9.13 Å². The standard InChI is InChI=1S/C2H6Cl2NP.CH4.Cl5NOP2.Cl3OP/c1-5-6(2,3)4;;1-8(2,3)6-9(4,5)7;1-5(2,3)4/h1-2H3;1H4;;. The highest BCUT2D eigenvalue weighted by Crippen LogP contribution is 2.75. The predicted molar refractivity (Wildman–Crippen MR) is 111 cm³/mol. The fourth-order valence-electron chi connectivity index (χ4n) is 0.118. The Morgan fingerprint density at radius 1 is 0.762 bits per heavy atom. The summed E-state index contributed by atoms with van der Waals surface area (Å²) in [5.74, 6) is -5.39. The molecule has 0 unspecified atom stereocenters. The third-order valence-electron chi connectivity index (χ3n) is 0.557. The molecule has 18 heteroatoms. The SMILES string of the molecule is C.CN=P(C)(Cl)Cl.O=P(Cl)(Cl)Cl.O=P(Cl)(Cl)N=P(Cl)(Cl)Cl. The first-order chi connectivity index (χ1) is 8.27. The van der Waals surface area contributed by atoms with Gasteiger partial charge in [-0.1, -0.05) is 29.9 Å². The van der Waals surface area contributed by atoms with Crippen molar-refractivity contribution in [3.05, 3.63) is 0 Å². The van der Waals surface area contributed by atoms with Gasteiger partial charge in [-0.25, -0.2) is 0 Å². The van der Waals surface area contributed by atoms with E-state index in [0.717, 1.165) is 0 Å². The average Bonchev–Trinajstić information content (AvgIpc) is 1.92. The normalized spacial score (nSPS) is 11.8.